The zero-order valence-corrected chi connectivity index (χ0v) is 16.7. The average molecular weight is 388 g/mol. The summed E-state index contributed by atoms with van der Waals surface area (Å²) in [4.78, 5) is 16.4. The number of amides is 1. The van der Waals surface area contributed by atoms with Crippen molar-refractivity contribution in [2.45, 2.75) is 25.7 Å². The van der Waals surface area contributed by atoms with Gasteiger partial charge in [-0.1, -0.05) is 0 Å². The van der Waals surface area contributed by atoms with Gasteiger partial charge in [0, 0.05) is 58.8 Å². The highest BCUT2D eigenvalue weighted by atomic mass is 32.2. The summed E-state index contributed by atoms with van der Waals surface area (Å²) in [6, 6.07) is 0. The molecule has 0 atom stereocenters. The van der Waals surface area contributed by atoms with E-state index in [9.17, 15) is 13.2 Å². The second kappa shape index (κ2) is 8.97. The summed E-state index contributed by atoms with van der Waals surface area (Å²) < 4.78 is 28.7. The van der Waals surface area contributed by atoms with Crippen molar-refractivity contribution >= 4 is 16.1 Å². The minimum Gasteiger partial charge on any atom is -0.340 e. The van der Waals surface area contributed by atoms with Crippen LogP contribution in [0, 0.1) is 5.92 Å². The van der Waals surface area contributed by atoms with E-state index in [-0.39, 0.29) is 5.91 Å². The molecule has 0 bridgehead atoms. The smallest absolute Gasteiger partial charge is 0.282 e. The Morgan fingerprint density at radius 3 is 2.04 bits per heavy atom. The predicted molar refractivity (Wildman–Crippen MR) is 101 cm³/mol. The monoisotopic (exact) mass is 387 g/mol. The molecule has 0 radical (unpaired) electrons. The second-order valence-corrected chi connectivity index (χ2v) is 9.65. The highest BCUT2D eigenvalue weighted by Crippen LogP contribution is 2.19. The maximum Gasteiger partial charge on any atom is 0.282 e. The fourth-order valence-corrected chi connectivity index (χ4v) is 5.58. The van der Waals surface area contributed by atoms with Gasteiger partial charge in [0.1, 0.15) is 0 Å². The van der Waals surface area contributed by atoms with E-state index >= 15 is 0 Å². The Hall–Kier alpha value is -0.740. The van der Waals surface area contributed by atoms with Crippen molar-refractivity contribution in [2.24, 2.45) is 5.92 Å². The molecule has 3 aliphatic rings. The molecule has 0 aromatic heterocycles. The molecule has 3 fully saturated rings. The molecule has 0 spiro atoms. The summed E-state index contributed by atoms with van der Waals surface area (Å²) in [7, 11) is -1.38. The predicted octanol–water partition coefficient (Wildman–Crippen LogP) is -0.597. The molecule has 0 unspecified atom stereocenters. The van der Waals surface area contributed by atoms with Crippen LogP contribution < -0.4 is 5.32 Å². The van der Waals surface area contributed by atoms with Crippen LogP contribution in [0.3, 0.4) is 0 Å². The van der Waals surface area contributed by atoms with Gasteiger partial charge in [0.25, 0.3) is 10.2 Å². The van der Waals surface area contributed by atoms with Crippen LogP contribution in [0.5, 0.6) is 0 Å². The van der Waals surface area contributed by atoms with Crippen molar-refractivity contribution in [3.63, 3.8) is 0 Å². The molecule has 3 aliphatic heterocycles. The number of hydrogen-bond donors (Lipinski definition) is 1. The average Bonchev–Trinajstić information content (AvgIpc) is 2.67. The molecule has 3 heterocycles. The van der Waals surface area contributed by atoms with Crippen LogP contribution in [0.4, 0.5) is 0 Å². The number of carbonyl (C=O) groups is 1. The molecular formula is C17H33N5O3S. The minimum absolute atomic E-state index is 0.181. The lowest BCUT2D eigenvalue weighted by atomic mass is 9.93. The molecule has 3 rings (SSSR count). The lowest BCUT2D eigenvalue weighted by Gasteiger charge is -2.39. The van der Waals surface area contributed by atoms with E-state index in [1.165, 1.54) is 0 Å². The third-order valence-corrected chi connectivity index (χ3v) is 7.97. The summed E-state index contributed by atoms with van der Waals surface area (Å²) >= 11 is 0. The third-order valence-electron chi connectivity index (χ3n) is 5.93. The van der Waals surface area contributed by atoms with Gasteiger partial charge in [0.15, 0.2) is 0 Å². The number of nitrogens with one attached hydrogen (secondary N) is 1. The van der Waals surface area contributed by atoms with E-state index in [1.54, 1.807) is 8.61 Å². The highest BCUT2D eigenvalue weighted by molar-refractivity contribution is 7.86. The summed E-state index contributed by atoms with van der Waals surface area (Å²) in [6.45, 7) is 6.60. The first-order chi connectivity index (χ1) is 12.5. The number of likely N-dealkylation sites (N-methyl/N-ethyl adjacent to an activating group) is 1. The normalized spacial score (nSPS) is 25.5. The maximum atomic E-state index is 12.8. The van der Waals surface area contributed by atoms with Gasteiger partial charge in [-0.2, -0.15) is 17.0 Å². The molecule has 3 saturated heterocycles. The number of hydrogen-bond acceptors (Lipinski definition) is 5. The molecule has 26 heavy (non-hydrogen) atoms. The second-order valence-electron chi connectivity index (χ2n) is 7.72. The SMILES string of the molecule is CN1CCN(S(=O)(=O)N2CCN(C(=O)CCC3CCNCC3)CC2)CC1. The van der Waals surface area contributed by atoms with Gasteiger partial charge >= 0.3 is 0 Å². The van der Waals surface area contributed by atoms with E-state index in [2.05, 4.69) is 10.2 Å². The Morgan fingerprint density at radius 1 is 0.923 bits per heavy atom. The first kappa shape index (κ1) is 20.0. The molecule has 1 N–H and O–H groups in total. The van der Waals surface area contributed by atoms with Crippen LogP contribution in [0.2, 0.25) is 0 Å². The van der Waals surface area contributed by atoms with Crippen LogP contribution in [-0.2, 0) is 15.0 Å². The number of carbonyl (C=O) groups excluding carboxylic acids is 1. The number of piperazine rings is 2. The topological polar surface area (TPSA) is 76.2 Å². The molecule has 9 heteroatoms. The van der Waals surface area contributed by atoms with E-state index in [0.717, 1.165) is 45.4 Å². The summed E-state index contributed by atoms with van der Waals surface area (Å²) in [5.41, 5.74) is 0. The van der Waals surface area contributed by atoms with Gasteiger partial charge in [-0.15, -0.1) is 0 Å². The van der Waals surface area contributed by atoms with Crippen LogP contribution in [-0.4, -0.2) is 105 Å². The first-order valence-corrected chi connectivity index (χ1v) is 11.3. The lowest BCUT2D eigenvalue weighted by molar-refractivity contribution is -0.132. The van der Waals surface area contributed by atoms with E-state index in [4.69, 9.17) is 0 Å². The van der Waals surface area contributed by atoms with E-state index in [1.807, 2.05) is 11.9 Å². The van der Waals surface area contributed by atoms with Crippen LogP contribution in [0.15, 0.2) is 0 Å². The molecule has 0 aromatic carbocycles. The fraction of sp³-hybridized carbons (Fsp3) is 0.941. The zero-order chi connectivity index (χ0) is 18.6. The Balaban J connectivity index is 1.43. The Morgan fingerprint density at radius 2 is 1.46 bits per heavy atom. The third kappa shape index (κ3) is 4.95. The van der Waals surface area contributed by atoms with Gasteiger partial charge in [0.05, 0.1) is 0 Å². The van der Waals surface area contributed by atoms with Gasteiger partial charge in [0.2, 0.25) is 5.91 Å². The molecule has 0 saturated carbocycles. The largest absolute Gasteiger partial charge is 0.340 e. The van der Waals surface area contributed by atoms with Gasteiger partial charge < -0.3 is 15.1 Å². The molecule has 0 aromatic rings. The van der Waals surface area contributed by atoms with Crippen LogP contribution in [0.1, 0.15) is 25.7 Å². The quantitative estimate of drug-likeness (QED) is 0.682. The maximum absolute atomic E-state index is 12.8. The van der Waals surface area contributed by atoms with E-state index < -0.39 is 10.2 Å². The Labute approximate surface area is 157 Å². The van der Waals surface area contributed by atoms with Gasteiger partial charge in [-0.05, 0) is 45.3 Å². The number of piperidine rings is 1. The van der Waals surface area contributed by atoms with Crippen molar-refractivity contribution in [3.8, 4) is 0 Å². The van der Waals surface area contributed by atoms with Crippen molar-refractivity contribution < 1.29 is 13.2 Å². The van der Waals surface area contributed by atoms with Crippen LogP contribution in [0.25, 0.3) is 0 Å². The molecule has 8 nitrogen and oxygen atoms in total. The fourth-order valence-electron chi connectivity index (χ4n) is 4.01. The molecular weight excluding hydrogens is 354 g/mol. The Bertz CT molecular complexity index is 563. The van der Waals surface area contributed by atoms with Crippen LogP contribution >= 0.6 is 0 Å². The van der Waals surface area contributed by atoms with Crippen molar-refractivity contribution in [3.05, 3.63) is 0 Å². The van der Waals surface area contributed by atoms with Crippen molar-refractivity contribution in [1.29, 1.82) is 0 Å². The van der Waals surface area contributed by atoms with Gasteiger partial charge in [-0.25, -0.2) is 0 Å². The number of nitrogens with zero attached hydrogens (tertiary/aromatic N) is 4. The summed E-state index contributed by atoms with van der Waals surface area (Å²) in [6.07, 6.45) is 3.87. The van der Waals surface area contributed by atoms with Gasteiger partial charge in [-0.3, -0.25) is 4.79 Å². The molecule has 1 amide bonds. The molecule has 150 valence electrons. The summed E-state index contributed by atoms with van der Waals surface area (Å²) in [5, 5.41) is 3.35. The zero-order valence-electron chi connectivity index (χ0n) is 15.9. The Kier molecular flexibility index (Phi) is 6.90. The number of rotatable bonds is 5. The first-order valence-electron chi connectivity index (χ1n) is 9.89. The van der Waals surface area contributed by atoms with Crippen molar-refractivity contribution in [1.82, 2.24) is 23.7 Å². The lowest BCUT2D eigenvalue weighted by Crippen LogP contribution is -2.57. The minimum atomic E-state index is -3.39. The van der Waals surface area contributed by atoms with E-state index in [0.29, 0.717) is 51.6 Å². The standard InChI is InChI=1S/C17H33N5O3S/c1-19-8-12-21(13-9-19)26(24,25)22-14-10-20(11-15-22)17(23)3-2-16-4-6-18-7-5-16/h16,18H,2-15H2,1H3. The highest BCUT2D eigenvalue weighted by Gasteiger charge is 2.34. The molecule has 0 aliphatic carbocycles. The van der Waals surface area contributed by atoms with Crippen molar-refractivity contribution in [2.75, 3.05) is 72.5 Å². The summed E-state index contributed by atoms with van der Waals surface area (Å²) in [5.74, 6) is 0.833.